The Kier molecular flexibility index (Phi) is 5.70. The number of aromatic nitrogens is 2. The van der Waals surface area contributed by atoms with Gasteiger partial charge in [0.15, 0.2) is 0 Å². The monoisotopic (exact) mass is 472 g/mol. The first-order chi connectivity index (χ1) is 12.4. The number of benzene rings is 1. The number of rotatable bonds is 6. The number of aryl methyl sites for hydroxylation is 1. The number of sulfonamides is 1. The summed E-state index contributed by atoms with van der Waals surface area (Å²) >= 11 is 5.81. The van der Waals surface area contributed by atoms with Crippen molar-refractivity contribution >= 4 is 65.4 Å². The summed E-state index contributed by atoms with van der Waals surface area (Å²) in [5, 5.41) is 11.4. The summed E-state index contributed by atoms with van der Waals surface area (Å²) in [4.78, 5) is 12.7. The van der Waals surface area contributed by atoms with E-state index in [9.17, 15) is 13.2 Å². The van der Waals surface area contributed by atoms with E-state index >= 15 is 0 Å². The minimum atomic E-state index is -3.76. The van der Waals surface area contributed by atoms with Gasteiger partial charge in [0.05, 0.1) is 13.6 Å². The van der Waals surface area contributed by atoms with E-state index in [-0.39, 0.29) is 15.9 Å². The largest absolute Gasteiger partial charge is 0.321 e. The van der Waals surface area contributed by atoms with Crippen molar-refractivity contribution in [1.82, 2.24) is 10.2 Å². The SMILES string of the molecule is CCc1nnc(NS(=O)(=O)c2ccc(NC(=O)c3ccc(Br)s3)cc2)s1. The third-order valence-corrected chi connectivity index (χ3v) is 7.30. The number of anilines is 2. The van der Waals surface area contributed by atoms with Gasteiger partial charge in [0.1, 0.15) is 5.01 Å². The average molecular weight is 473 g/mol. The maximum absolute atomic E-state index is 12.4. The van der Waals surface area contributed by atoms with Gasteiger partial charge in [0.25, 0.3) is 15.9 Å². The number of carbonyl (C=O) groups is 1. The molecule has 1 amide bonds. The van der Waals surface area contributed by atoms with Crippen LogP contribution in [0, 0.1) is 0 Å². The normalized spacial score (nSPS) is 11.3. The first kappa shape index (κ1) is 19.0. The highest BCUT2D eigenvalue weighted by atomic mass is 79.9. The Labute approximate surface area is 166 Å². The molecule has 0 bridgehead atoms. The number of hydrogen-bond donors (Lipinski definition) is 2. The molecule has 3 rings (SSSR count). The molecule has 0 aliphatic rings. The summed E-state index contributed by atoms with van der Waals surface area (Å²) in [6.07, 6.45) is 0.689. The molecule has 0 fully saturated rings. The Hall–Kier alpha value is -1.82. The molecule has 2 aromatic heterocycles. The topological polar surface area (TPSA) is 101 Å². The second-order valence-electron chi connectivity index (χ2n) is 5.04. The molecule has 0 saturated heterocycles. The predicted molar refractivity (Wildman–Crippen MR) is 107 cm³/mol. The fourth-order valence-electron chi connectivity index (χ4n) is 1.96. The van der Waals surface area contributed by atoms with Gasteiger partial charge in [0.2, 0.25) is 5.13 Å². The van der Waals surface area contributed by atoms with Crippen LogP contribution in [0.3, 0.4) is 0 Å². The Morgan fingerprint density at radius 3 is 2.42 bits per heavy atom. The predicted octanol–water partition coefficient (Wildman–Crippen LogP) is 3.98. The lowest BCUT2D eigenvalue weighted by atomic mass is 10.3. The zero-order valence-electron chi connectivity index (χ0n) is 13.4. The lowest BCUT2D eigenvalue weighted by Gasteiger charge is -2.07. The van der Waals surface area contributed by atoms with E-state index in [2.05, 4.69) is 36.2 Å². The van der Waals surface area contributed by atoms with Gasteiger partial charge >= 0.3 is 0 Å². The molecule has 3 aromatic rings. The molecule has 0 unspecified atom stereocenters. The molecule has 7 nitrogen and oxygen atoms in total. The first-order valence-electron chi connectivity index (χ1n) is 7.39. The van der Waals surface area contributed by atoms with E-state index in [1.807, 2.05) is 6.92 Å². The number of nitrogens with zero attached hydrogens (tertiary/aromatic N) is 2. The summed E-state index contributed by atoms with van der Waals surface area (Å²) < 4.78 is 28.1. The number of nitrogens with one attached hydrogen (secondary N) is 2. The average Bonchev–Trinajstić information content (AvgIpc) is 3.24. The second-order valence-corrected chi connectivity index (χ2v) is 10.2. The highest BCUT2D eigenvalue weighted by Crippen LogP contribution is 2.24. The molecule has 136 valence electrons. The van der Waals surface area contributed by atoms with Crippen molar-refractivity contribution in [3.63, 3.8) is 0 Å². The Bertz CT molecular complexity index is 1030. The summed E-state index contributed by atoms with van der Waals surface area (Å²) in [5.74, 6) is -0.254. The van der Waals surface area contributed by atoms with Gasteiger partial charge in [-0.2, -0.15) is 0 Å². The molecule has 2 N–H and O–H groups in total. The first-order valence-corrected chi connectivity index (χ1v) is 11.3. The molecule has 0 aliphatic carbocycles. The van der Waals surface area contributed by atoms with Crippen molar-refractivity contribution in [2.45, 2.75) is 18.2 Å². The molecule has 26 heavy (non-hydrogen) atoms. The Morgan fingerprint density at radius 2 is 1.85 bits per heavy atom. The van der Waals surface area contributed by atoms with E-state index in [1.165, 1.54) is 46.9 Å². The third-order valence-electron chi connectivity index (χ3n) is 3.21. The smallest absolute Gasteiger partial charge is 0.265 e. The van der Waals surface area contributed by atoms with E-state index in [0.29, 0.717) is 17.0 Å². The Balaban J connectivity index is 1.70. The molecule has 0 aliphatic heterocycles. The van der Waals surface area contributed by atoms with Crippen LogP contribution in [0.1, 0.15) is 21.6 Å². The molecule has 2 heterocycles. The van der Waals surface area contributed by atoms with Crippen LogP contribution in [-0.2, 0) is 16.4 Å². The van der Waals surface area contributed by atoms with E-state index < -0.39 is 10.0 Å². The highest BCUT2D eigenvalue weighted by Gasteiger charge is 2.17. The van der Waals surface area contributed by atoms with E-state index in [1.54, 1.807) is 12.1 Å². The van der Waals surface area contributed by atoms with Crippen molar-refractivity contribution in [1.29, 1.82) is 0 Å². The van der Waals surface area contributed by atoms with Crippen molar-refractivity contribution in [3.05, 3.63) is 50.1 Å². The maximum Gasteiger partial charge on any atom is 0.265 e. The van der Waals surface area contributed by atoms with Gasteiger partial charge < -0.3 is 5.32 Å². The van der Waals surface area contributed by atoms with Crippen LogP contribution < -0.4 is 10.0 Å². The molecule has 0 atom stereocenters. The fourth-order valence-corrected chi connectivity index (χ4v) is 5.15. The van der Waals surface area contributed by atoms with Crippen LogP contribution in [0.15, 0.2) is 45.1 Å². The van der Waals surface area contributed by atoms with Crippen LogP contribution in [-0.4, -0.2) is 24.5 Å². The molecule has 0 spiro atoms. The number of halogens is 1. The summed E-state index contributed by atoms with van der Waals surface area (Å²) in [6, 6.07) is 9.41. The number of amides is 1. The van der Waals surface area contributed by atoms with Crippen LogP contribution in [0.2, 0.25) is 0 Å². The fraction of sp³-hybridized carbons (Fsp3) is 0.133. The molecular weight excluding hydrogens is 460 g/mol. The molecular formula is C15H13BrN4O3S3. The molecule has 1 aromatic carbocycles. The zero-order valence-corrected chi connectivity index (χ0v) is 17.4. The standard InChI is InChI=1S/C15H13BrN4O3S3/c1-2-13-18-19-15(25-13)20-26(22,23)10-5-3-9(4-6-10)17-14(21)11-7-8-12(16)24-11/h3-8H,2H2,1H3,(H,17,21)(H,19,20). The van der Waals surface area contributed by atoms with Gasteiger partial charge in [-0.3, -0.25) is 9.52 Å². The number of carbonyl (C=O) groups excluding carboxylic acids is 1. The minimum absolute atomic E-state index is 0.0719. The summed E-state index contributed by atoms with van der Waals surface area (Å²) in [7, 11) is -3.76. The molecule has 0 saturated carbocycles. The van der Waals surface area contributed by atoms with E-state index in [0.717, 1.165) is 8.79 Å². The van der Waals surface area contributed by atoms with Crippen LogP contribution in [0.25, 0.3) is 0 Å². The van der Waals surface area contributed by atoms with Gasteiger partial charge in [-0.05, 0) is 58.7 Å². The highest BCUT2D eigenvalue weighted by molar-refractivity contribution is 9.11. The summed E-state index contributed by atoms with van der Waals surface area (Å²) in [5.41, 5.74) is 0.502. The van der Waals surface area contributed by atoms with Crippen LogP contribution in [0.5, 0.6) is 0 Å². The van der Waals surface area contributed by atoms with Gasteiger partial charge in [-0.15, -0.1) is 21.5 Å². The van der Waals surface area contributed by atoms with Gasteiger partial charge in [-0.25, -0.2) is 8.42 Å². The summed E-state index contributed by atoms with van der Waals surface area (Å²) in [6.45, 7) is 1.92. The third kappa shape index (κ3) is 4.47. The number of hydrogen-bond acceptors (Lipinski definition) is 7. The Morgan fingerprint density at radius 1 is 1.12 bits per heavy atom. The lowest BCUT2D eigenvalue weighted by Crippen LogP contribution is -2.13. The lowest BCUT2D eigenvalue weighted by molar-refractivity contribution is 0.103. The quantitative estimate of drug-likeness (QED) is 0.564. The van der Waals surface area contributed by atoms with Crippen LogP contribution >= 0.6 is 38.6 Å². The van der Waals surface area contributed by atoms with E-state index in [4.69, 9.17) is 0 Å². The van der Waals surface area contributed by atoms with Crippen LogP contribution in [0.4, 0.5) is 10.8 Å². The van der Waals surface area contributed by atoms with Gasteiger partial charge in [-0.1, -0.05) is 18.3 Å². The second kappa shape index (κ2) is 7.82. The van der Waals surface area contributed by atoms with Crippen molar-refractivity contribution < 1.29 is 13.2 Å². The molecule has 0 radical (unpaired) electrons. The number of thiophene rings is 1. The minimum Gasteiger partial charge on any atom is -0.321 e. The van der Waals surface area contributed by atoms with Crippen molar-refractivity contribution in [2.75, 3.05) is 10.0 Å². The maximum atomic E-state index is 12.4. The molecule has 11 heteroatoms. The van der Waals surface area contributed by atoms with Crippen molar-refractivity contribution in [3.8, 4) is 0 Å². The van der Waals surface area contributed by atoms with Crippen molar-refractivity contribution in [2.24, 2.45) is 0 Å². The zero-order chi connectivity index (χ0) is 18.7. The van der Waals surface area contributed by atoms with Gasteiger partial charge in [0, 0.05) is 5.69 Å².